The van der Waals surface area contributed by atoms with Crippen LogP contribution < -0.4 is 0 Å². The number of Topliss-reactive ketones (excluding diaryl/α,β-unsaturated/α-hetero) is 1. The second-order valence-electron chi connectivity index (χ2n) is 7.17. The van der Waals surface area contributed by atoms with Gasteiger partial charge in [-0.1, -0.05) is 60.3 Å². The number of nitrogens with zero attached hydrogens (tertiary/aromatic N) is 3. The summed E-state index contributed by atoms with van der Waals surface area (Å²) in [6.45, 7) is 3.50. The van der Waals surface area contributed by atoms with Gasteiger partial charge in [0, 0.05) is 16.9 Å². The largest absolute Gasteiger partial charge is 0.465 e. The minimum Gasteiger partial charge on any atom is -0.465 e. The lowest BCUT2D eigenvalue weighted by molar-refractivity contribution is 0.0599. The minimum absolute atomic E-state index is 0.130. The molecule has 2 aromatic carbocycles. The number of hydrogen-bond acceptors (Lipinski definition) is 6. The van der Waals surface area contributed by atoms with Crippen LogP contribution in [-0.2, 0) is 4.74 Å². The van der Waals surface area contributed by atoms with Crippen LogP contribution in [0.3, 0.4) is 0 Å². The molecule has 0 aliphatic carbocycles. The molecule has 2 heterocycles. The van der Waals surface area contributed by atoms with Crippen molar-refractivity contribution in [2.75, 3.05) is 12.9 Å². The van der Waals surface area contributed by atoms with Gasteiger partial charge >= 0.3 is 5.97 Å². The van der Waals surface area contributed by atoms with E-state index < -0.39 is 5.97 Å². The number of H-pyrrole nitrogens is 1. The molecule has 162 valence electrons. The quantitative estimate of drug-likeness (QED) is 0.253. The smallest absolute Gasteiger partial charge is 0.339 e. The first-order valence-corrected chi connectivity index (χ1v) is 11.0. The van der Waals surface area contributed by atoms with E-state index in [4.69, 9.17) is 4.74 Å². The van der Waals surface area contributed by atoms with Crippen molar-refractivity contribution < 1.29 is 14.3 Å². The Balaban J connectivity index is 1.64. The molecule has 0 unspecified atom stereocenters. The first kappa shape index (κ1) is 21.6. The second kappa shape index (κ2) is 9.23. The molecular formula is C24H22N4O3S. The van der Waals surface area contributed by atoms with Crippen molar-refractivity contribution in [1.82, 2.24) is 19.7 Å². The molecule has 0 saturated heterocycles. The summed E-state index contributed by atoms with van der Waals surface area (Å²) in [5, 5.41) is 9.36. The molecule has 0 atom stereocenters. The number of nitrogens with one attached hydrogen (secondary N) is 1. The Morgan fingerprint density at radius 2 is 1.66 bits per heavy atom. The van der Waals surface area contributed by atoms with Crippen LogP contribution in [0.15, 0.2) is 65.8 Å². The van der Waals surface area contributed by atoms with Gasteiger partial charge in [-0.2, -0.15) is 0 Å². The zero-order valence-corrected chi connectivity index (χ0v) is 18.8. The summed E-state index contributed by atoms with van der Waals surface area (Å²) >= 11 is 1.30. The summed E-state index contributed by atoms with van der Waals surface area (Å²) in [6.07, 6.45) is 0. The summed E-state index contributed by atoms with van der Waals surface area (Å²) < 4.78 is 6.78. The third kappa shape index (κ3) is 4.09. The molecule has 0 aliphatic rings. The SMILES string of the molecule is COC(=O)c1c(C)[nH]c(C(=O)CSc2nnc(-c3ccccc3)n2-c2ccccc2)c1C. The number of rotatable bonds is 7. The van der Waals surface area contributed by atoms with E-state index in [1.807, 2.05) is 65.2 Å². The fourth-order valence-corrected chi connectivity index (χ4v) is 4.41. The molecule has 8 heteroatoms. The Kier molecular flexibility index (Phi) is 6.23. The van der Waals surface area contributed by atoms with E-state index in [0.717, 1.165) is 11.3 Å². The number of benzene rings is 2. The number of methoxy groups -OCH3 is 1. The highest BCUT2D eigenvalue weighted by molar-refractivity contribution is 7.99. The number of ketones is 1. The topological polar surface area (TPSA) is 89.9 Å². The number of aromatic nitrogens is 4. The number of carbonyl (C=O) groups excluding carboxylic acids is 2. The number of aromatic amines is 1. The van der Waals surface area contributed by atoms with Gasteiger partial charge in [-0.15, -0.1) is 10.2 Å². The molecule has 7 nitrogen and oxygen atoms in total. The zero-order chi connectivity index (χ0) is 22.7. The number of carbonyl (C=O) groups is 2. The zero-order valence-electron chi connectivity index (χ0n) is 18.0. The fraction of sp³-hybridized carbons (Fsp3) is 0.167. The van der Waals surface area contributed by atoms with Crippen molar-refractivity contribution in [3.8, 4) is 17.1 Å². The standard InChI is InChI=1S/C24H22N4O3S/c1-15-20(23(30)31-3)16(2)25-21(15)19(29)14-32-24-27-26-22(17-10-6-4-7-11-17)28(24)18-12-8-5-9-13-18/h4-13,25H,14H2,1-3H3. The summed E-state index contributed by atoms with van der Waals surface area (Å²) in [4.78, 5) is 28.0. The Morgan fingerprint density at radius 3 is 2.31 bits per heavy atom. The van der Waals surface area contributed by atoms with Crippen LogP contribution in [0.4, 0.5) is 0 Å². The molecule has 0 fully saturated rings. The summed E-state index contributed by atoms with van der Waals surface area (Å²) in [7, 11) is 1.33. The maximum Gasteiger partial charge on any atom is 0.339 e. The van der Waals surface area contributed by atoms with Crippen LogP contribution in [-0.4, -0.2) is 44.4 Å². The Morgan fingerprint density at radius 1 is 1.00 bits per heavy atom. The van der Waals surface area contributed by atoms with Crippen LogP contribution in [0.2, 0.25) is 0 Å². The third-order valence-corrected chi connectivity index (χ3v) is 6.05. The van der Waals surface area contributed by atoms with Gasteiger partial charge in [0.15, 0.2) is 16.8 Å². The fourth-order valence-electron chi connectivity index (χ4n) is 3.59. The Bertz CT molecular complexity index is 1260. The molecule has 0 amide bonds. The maximum atomic E-state index is 13.0. The lowest BCUT2D eigenvalue weighted by atomic mass is 10.1. The molecule has 0 bridgehead atoms. The molecule has 4 rings (SSSR count). The second-order valence-corrected chi connectivity index (χ2v) is 8.11. The van der Waals surface area contributed by atoms with E-state index in [2.05, 4.69) is 15.2 Å². The van der Waals surface area contributed by atoms with E-state index >= 15 is 0 Å². The van der Waals surface area contributed by atoms with E-state index in [-0.39, 0.29) is 11.5 Å². The summed E-state index contributed by atoms with van der Waals surface area (Å²) in [5.41, 5.74) is 3.85. The highest BCUT2D eigenvalue weighted by atomic mass is 32.2. The van der Waals surface area contributed by atoms with Gasteiger partial charge in [-0.25, -0.2) is 4.79 Å². The Labute approximate surface area is 189 Å². The van der Waals surface area contributed by atoms with Gasteiger partial charge in [-0.05, 0) is 31.5 Å². The molecule has 32 heavy (non-hydrogen) atoms. The van der Waals surface area contributed by atoms with Crippen molar-refractivity contribution in [1.29, 1.82) is 0 Å². The molecule has 0 saturated carbocycles. The first-order chi connectivity index (χ1) is 15.5. The third-order valence-electron chi connectivity index (χ3n) is 5.12. The van der Waals surface area contributed by atoms with Gasteiger partial charge in [0.2, 0.25) is 0 Å². The molecule has 0 spiro atoms. The molecule has 4 aromatic rings. The highest BCUT2D eigenvalue weighted by Crippen LogP contribution is 2.29. The van der Waals surface area contributed by atoms with Crippen LogP contribution in [0.25, 0.3) is 17.1 Å². The molecular weight excluding hydrogens is 424 g/mol. The molecule has 0 aliphatic heterocycles. The van der Waals surface area contributed by atoms with Gasteiger partial charge < -0.3 is 9.72 Å². The minimum atomic E-state index is -0.459. The van der Waals surface area contributed by atoms with Gasteiger partial charge in [0.25, 0.3) is 0 Å². The Hall–Kier alpha value is -3.65. The number of hydrogen-bond donors (Lipinski definition) is 1. The van der Waals surface area contributed by atoms with E-state index in [9.17, 15) is 9.59 Å². The van der Waals surface area contributed by atoms with Crippen LogP contribution in [0.5, 0.6) is 0 Å². The van der Waals surface area contributed by atoms with Crippen LogP contribution in [0, 0.1) is 13.8 Å². The molecule has 2 aromatic heterocycles. The maximum absolute atomic E-state index is 13.0. The predicted molar refractivity (Wildman–Crippen MR) is 123 cm³/mol. The van der Waals surface area contributed by atoms with E-state index in [1.165, 1.54) is 18.9 Å². The lowest BCUT2D eigenvalue weighted by Crippen LogP contribution is -2.08. The highest BCUT2D eigenvalue weighted by Gasteiger charge is 2.23. The number of thioether (sulfide) groups is 1. The van der Waals surface area contributed by atoms with Crippen molar-refractivity contribution in [3.05, 3.63) is 83.2 Å². The van der Waals surface area contributed by atoms with Gasteiger partial charge in [-0.3, -0.25) is 9.36 Å². The summed E-state index contributed by atoms with van der Waals surface area (Å²) in [6, 6.07) is 19.6. The average Bonchev–Trinajstić information content (AvgIpc) is 3.38. The van der Waals surface area contributed by atoms with Gasteiger partial charge in [0.05, 0.1) is 24.1 Å². The number of aryl methyl sites for hydroxylation is 1. The summed E-state index contributed by atoms with van der Waals surface area (Å²) in [5.74, 6) is 0.252. The van der Waals surface area contributed by atoms with Crippen molar-refractivity contribution in [2.24, 2.45) is 0 Å². The first-order valence-electron chi connectivity index (χ1n) is 10.0. The van der Waals surface area contributed by atoms with Crippen molar-refractivity contribution in [2.45, 2.75) is 19.0 Å². The molecule has 0 radical (unpaired) electrons. The normalized spacial score (nSPS) is 10.8. The average molecular weight is 447 g/mol. The molecule has 1 N–H and O–H groups in total. The predicted octanol–water partition coefficient (Wildman–Crippen LogP) is 4.64. The van der Waals surface area contributed by atoms with E-state index in [1.54, 1.807) is 13.8 Å². The van der Waals surface area contributed by atoms with E-state index in [0.29, 0.717) is 33.5 Å². The monoisotopic (exact) mass is 446 g/mol. The van der Waals surface area contributed by atoms with Gasteiger partial charge in [0.1, 0.15) is 0 Å². The number of esters is 1. The number of ether oxygens (including phenoxy) is 1. The lowest BCUT2D eigenvalue weighted by Gasteiger charge is -2.10. The van der Waals surface area contributed by atoms with Crippen LogP contribution in [0.1, 0.15) is 32.1 Å². The van der Waals surface area contributed by atoms with Crippen molar-refractivity contribution in [3.63, 3.8) is 0 Å². The van der Waals surface area contributed by atoms with Crippen LogP contribution >= 0.6 is 11.8 Å². The van der Waals surface area contributed by atoms with Crippen molar-refractivity contribution >= 4 is 23.5 Å². The number of para-hydroxylation sites is 1.